The third kappa shape index (κ3) is 16.4. The van der Waals surface area contributed by atoms with E-state index in [-0.39, 0.29) is 68.3 Å². The first kappa shape index (κ1) is 40.3. The lowest BCUT2D eigenvalue weighted by Crippen LogP contribution is -2.35. The number of esters is 1. The molecule has 1 aromatic carbocycles. The lowest BCUT2D eigenvalue weighted by molar-refractivity contribution is -0.155. The molecule has 1 rings (SSSR count). The number of carbonyl (C=O) groups is 4. The number of methoxy groups -OCH3 is 3. The number of benzene rings is 1. The van der Waals surface area contributed by atoms with Gasteiger partial charge in [-0.15, -0.1) is 0 Å². The Labute approximate surface area is 266 Å². The fraction of sp³-hybridized carbons (Fsp3) is 0.667. The second-order valence-electron chi connectivity index (χ2n) is 11.6. The van der Waals surface area contributed by atoms with E-state index in [1.165, 1.54) is 45.6 Å². The van der Waals surface area contributed by atoms with E-state index in [1.54, 1.807) is 20.8 Å². The second kappa shape index (κ2) is 19.1. The maximum absolute atomic E-state index is 13.4. The minimum Gasteiger partial charge on any atom is -0.460 e. The van der Waals surface area contributed by atoms with E-state index < -0.39 is 72.1 Å². The van der Waals surface area contributed by atoms with Crippen molar-refractivity contribution >= 4 is 43.1 Å². The van der Waals surface area contributed by atoms with Crippen molar-refractivity contribution in [3.05, 3.63) is 35.4 Å². The quantitative estimate of drug-likeness (QED) is 0.107. The summed E-state index contributed by atoms with van der Waals surface area (Å²) in [7, 11) is -3.54. The fourth-order valence-corrected chi connectivity index (χ4v) is 7.32. The normalized spacial score (nSPS) is 13.0. The SMILES string of the molecule is COCCNC(=O)[C@H](CCC(=O)OC(C)(C)C)CC(=O)c1ccc(C(=O)C(CS(=O)(=O)CCOC)CS(=O)(=O)CCOC)cc1. The summed E-state index contributed by atoms with van der Waals surface area (Å²) in [6, 6.07) is 5.36. The molecule has 0 spiro atoms. The molecule has 0 aliphatic carbocycles. The number of rotatable bonds is 22. The minimum atomic E-state index is -3.84. The van der Waals surface area contributed by atoms with Gasteiger partial charge in [-0.3, -0.25) is 19.2 Å². The molecule has 1 N–H and O–H groups in total. The van der Waals surface area contributed by atoms with Crippen molar-refractivity contribution in [1.29, 1.82) is 0 Å². The van der Waals surface area contributed by atoms with Crippen LogP contribution in [0.3, 0.4) is 0 Å². The van der Waals surface area contributed by atoms with Crippen LogP contribution >= 0.6 is 0 Å². The zero-order valence-corrected chi connectivity index (χ0v) is 28.6. The van der Waals surface area contributed by atoms with Crippen LogP contribution in [0.2, 0.25) is 0 Å². The van der Waals surface area contributed by atoms with Crippen LogP contribution in [-0.2, 0) is 48.2 Å². The Morgan fingerprint density at radius 1 is 0.756 bits per heavy atom. The first-order chi connectivity index (χ1) is 20.9. The van der Waals surface area contributed by atoms with Crippen molar-refractivity contribution in [2.45, 2.75) is 45.6 Å². The van der Waals surface area contributed by atoms with Crippen molar-refractivity contribution in [3.8, 4) is 0 Å². The van der Waals surface area contributed by atoms with Crippen molar-refractivity contribution < 1.29 is 55.0 Å². The van der Waals surface area contributed by atoms with Crippen LogP contribution in [0.25, 0.3) is 0 Å². The second-order valence-corrected chi connectivity index (χ2v) is 16.0. The molecule has 0 radical (unpaired) electrons. The Bertz CT molecular complexity index is 1290. The molecule has 0 unspecified atom stereocenters. The molecule has 0 saturated heterocycles. The van der Waals surface area contributed by atoms with Crippen LogP contribution in [0.4, 0.5) is 0 Å². The van der Waals surface area contributed by atoms with Crippen LogP contribution in [0, 0.1) is 11.8 Å². The zero-order valence-electron chi connectivity index (χ0n) is 27.0. The van der Waals surface area contributed by atoms with Crippen LogP contribution in [-0.4, -0.2) is 117 Å². The average Bonchev–Trinajstić information content (AvgIpc) is 2.95. The molecule has 0 heterocycles. The number of hydrogen-bond donors (Lipinski definition) is 1. The van der Waals surface area contributed by atoms with E-state index in [0.717, 1.165) is 0 Å². The Morgan fingerprint density at radius 3 is 1.71 bits per heavy atom. The van der Waals surface area contributed by atoms with Crippen LogP contribution in [0.5, 0.6) is 0 Å². The van der Waals surface area contributed by atoms with Crippen molar-refractivity contribution in [2.24, 2.45) is 11.8 Å². The van der Waals surface area contributed by atoms with Gasteiger partial charge < -0.3 is 24.3 Å². The maximum atomic E-state index is 13.4. The highest BCUT2D eigenvalue weighted by molar-refractivity contribution is 7.92. The topological polar surface area (TPSA) is 186 Å². The van der Waals surface area contributed by atoms with Gasteiger partial charge in [-0.2, -0.15) is 0 Å². The number of ether oxygens (including phenoxy) is 4. The summed E-state index contributed by atoms with van der Waals surface area (Å²) in [6.07, 6.45) is -0.248. The largest absolute Gasteiger partial charge is 0.460 e. The third-order valence-electron chi connectivity index (χ3n) is 6.49. The molecule has 0 aliphatic heterocycles. The van der Waals surface area contributed by atoms with Gasteiger partial charge in [0.2, 0.25) is 5.91 Å². The number of amides is 1. The molecular formula is C30H47NO12S2. The number of carbonyl (C=O) groups excluding carboxylic acids is 4. The van der Waals surface area contributed by atoms with E-state index in [9.17, 15) is 36.0 Å². The summed E-state index contributed by atoms with van der Waals surface area (Å²) < 4.78 is 70.4. The summed E-state index contributed by atoms with van der Waals surface area (Å²) >= 11 is 0. The van der Waals surface area contributed by atoms with E-state index in [2.05, 4.69) is 5.32 Å². The van der Waals surface area contributed by atoms with E-state index in [4.69, 9.17) is 18.9 Å². The number of hydrogen-bond acceptors (Lipinski definition) is 12. The van der Waals surface area contributed by atoms with Crippen molar-refractivity contribution in [1.82, 2.24) is 5.32 Å². The van der Waals surface area contributed by atoms with Gasteiger partial charge >= 0.3 is 5.97 Å². The first-order valence-electron chi connectivity index (χ1n) is 14.5. The summed E-state index contributed by atoms with van der Waals surface area (Å²) in [6.45, 7) is 5.42. The number of nitrogens with one attached hydrogen (secondary N) is 1. The van der Waals surface area contributed by atoms with Gasteiger partial charge in [0, 0.05) is 57.8 Å². The van der Waals surface area contributed by atoms with Gasteiger partial charge in [0.1, 0.15) is 5.60 Å². The third-order valence-corrected chi connectivity index (χ3v) is 9.89. The first-order valence-corrected chi connectivity index (χ1v) is 18.1. The zero-order chi connectivity index (χ0) is 34.3. The van der Waals surface area contributed by atoms with Gasteiger partial charge in [0.05, 0.1) is 48.7 Å². The Hall–Kier alpha value is -2.72. The van der Waals surface area contributed by atoms with E-state index >= 15 is 0 Å². The molecule has 0 aliphatic rings. The van der Waals surface area contributed by atoms with Crippen LogP contribution < -0.4 is 5.32 Å². The summed E-state index contributed by atoms with van der Waals surface area (Å²) in [4.78, 5) is 51.6. The maximum Gasteiger partial charge on any atom is 0.306 e. The van der Waals surface area contributed by atoms with Gasteiger partial charge in [-0.1, -0.05) is 24.3 Å². The highest BCUT2D eigenvalue weighted by atomic mass is 32.2. The van der Waals surface area contributed by atoms with Gasteiger partial charge in [-0.05, 0) is 27.2 Å². The average molecular weight is 678 g/mol. The van der Waals surface area contributed by atoms with Gasteiger partial charge in [0.25, 0.3) is 0 Å². The number of Topliss-reactive ketones (excluding diaryl/α,β-unsaturated/α-hetero) is 2. The van der Waals surface area contributed by atoms with E-state index in [0.29, 0.717) is 0 Å². The predicted molar refractivity (Wildman–Crippen MR) is 168 cm³/mol. The number of sulfone groups is 2. The molecule has 13 nitrogen and oxygen atoms in total. The Kier molecular flexibility index (Phi) is 17.1. The summed E-state index contributed by atoms with van der Waals surface area (Å²) in [5.41, 5.74) is -0.501. The highest BCUT2D eigenvalue weighted by Gasteiger charge is 2.31. The molecule has 1 atom stereocenters. The standard InChI is InChI=1S/C30H47NO12S2/c1-30(2,3)43-27(33)12-11-24(29(35)31-13-14-40-4)19-26(32)22-7-9-23(10-8-22)28(34)25(20-44(36,37)17-15-41-5)21-45(38,39)18-16-42-6/h7-10,24-25H,11-21H2,1-6H3,(H,31,35)/t24-/m1/s1. The summed E-state index contributed by atoms with van der Waals surface area (Å²) in [5.74, 6) is -6.45. The lowest BCUT2D eigenvalue weighted by Gasteiger charge is -2.21. The molecule has 0 fully saturated rings. The highest BCUT2D eigenvalue weighted by Crippen LogP contribution is 2.20. The molecule has 1 aromatic rings. The Balaban J connectivity index is 3.16. The van der Waals surface area contributed by atoms with Crippen molar-refractivity contribution in [2.75, 3.05) is 70.7 Å². The van der Waals surface area contributed by atoms with Gasteiger partial charge in [0.15, 0.2) is 31.2 Å². The lowest BCUT2D eigenvalue weighted by atomic mass is 9.92. The van der Waals surface area contributed by atoms with Crippen LogP contribution in [0.15, 0.2) is 24.3 Å². The molecule has 15 heteroatoms. The van der Waals surface area contributed by atoms with Gasteiger partial charge in [-0.25, -0.2) is 16.8 Å². The molecule has 1 amide bonds. The Morgan fingerprint density at radius 2 is 1.24 bits per heavy atom. The predicted octanol–water partition coefficient (Wildman–Crippen LogP) is 1.68. The molecule has 256 valence electrons. The molecule has 0 aromatic heterocycles. The molecule has 45 heavy (non-hydrogen) atoms. The minimum absolute atomic E-state index is 0.0271. The molecular weight excluding hydrogens is 630 g/mol. The summed E-state index contributed by atoms with van der Waals surface area (Å²) in [5, 5.41) is 2.68. The smallest absolute Gasteiger partial charge is 0.306 e. The molecule has 0 saturated carbocycles. The number of ketones is 2. The fourth-order valence-electron chi connectivity index (χ4n) is 4.23. The van der Waals surface area contributed by atoms with Crippen molar-refractivity contribution in [3.63, 3.8) is 0 Å². The molecule has 0 bridgehead atoms. The monoisotopic (exact) mass is 677 g/mol. The van der Waals surface area contributed by atoms with Crippen LogP contribution in [0.1, 0.15) is 60.7 Å². The van der Waals surface area contributed by atoms with E-state index in [1.807, 2.05) is 0 Å².